The summed E-state index contributed by atoms with van der Waals surface area (Å²) in [5.74, 6) is 0.637. The highest BCUT2D eigenvalue weighted by molar-refractivity contribution is 7.99. The number of rotatable bonds is 6. The van der Waals surface area contributed by atoms with Crippen LogP contribution in [-0.4, -0.2) is 46.5 Å². The SMILES string of the molecule is CCCN(CCC)C(=O)C1CSC(c2ccoc2)N1C(C)=O. The molecule has 2 atom stereocenters. The molecule has 2 unspecified atom stereocenters. The molecule has 5 nitrogen and oxygen atoms in total. The number of hydrogen-bond acceptors (Lipinski definition) is 4. The first-order chi connectivity index (χ1) is 10.6. The van der Waals surface area contributed by atoms with E-state index in [-0.39, 0.29) is 23.2 Å². The van der Waals surface area contributed by atoms with Crippen molar-refractivity contribution >= 4 is 23.6 Å². The van der Waals surface area contributed by atoms with Crippen molar-refractivity contribution in [2.75, 3.05) is 18.8 Å². The van der Waals surface area contributed by atoms with Gasteiger partial charge in [0.25, 0.3) is 0 Å². The zero-order chi connectivity index (χ0) is 16.1. The van der Waals surface area contributed by atoms with Crippen LogP contribution in [0.5, 0.6) is 0 Å². The lowest BCUT2D eigenvalue weighted by molar-refractivity contribution is -0.144. The van der Waals surface area contributed by atoms with Gasteiger partial charge in [0.15, 0.2) is 0 Å². The second kappa shape index (κ2) is 7.72. The number of thioether (sulfide) groups is 1. The maximum Gasteiger partial charge on any atom is 0.246 e. The molecule has 0 saturated carbocycles. The molecule has 0 spiro atoms. The maximum atomic E-state index is 12.9. The van der Waals surface area contributed by atoms with Gasteiger partial charge in [0.2, 0.25) is 11.8 Å². The number of furan rings is 1. The number of carbonyl (C=O) groups excluding carboxylic acids is 2. The Morgan fingerprint density at radius 1 is 1.36 bits per heavy atom. The average molecular weight is 324 g/mol. The Morgan fingerprint density at radius 3 is 2.55 bits per heavy atom. The van der Waals surface area contributed by atoms with E-state index in [0.29, 0.717) is 5.75 Å². The number of hydrogen-bond donors (Lipinski definition) is 0. The van der Waals surface area contributed by atoms with E-state index in [4.69, 9.17) is 4.42 Å². The van der Waals surface area contributed by atoms with Crippen LogP contribution in [0.1, 0.15) is 44.6 Å². The van der Waals surface area contributed by atoms with E-state index < -0.39 is 0 Å². The van der Waals surface area contributed by atoms with Crippen LogP contribution in [-0.2, 0) is 9.59 Å². The van der Waals surface area contributed by atoms with E-state index >= 15 is 0 Å². The van der Waals surface area contributed by atoms with Crippen LogP contribution in [0.3, 0.4) is 0 Å². The van der Waals surface area contributed by atoms with Gasteiger partial charge in [0.1, 0.15) is 11.4 Å². The number of nitrogens with zero attached hydrogens (tertiary/aromatic N) is 2. The van der Waals surface area contributed by atoms with Gasteiger partial charge in [-0.05, 0) is 18.9 Å². The van der Waals surface area contributed by atoms with Crippen molar-refractivity contribution in [3.63, 3.8) is 0 Å². The van der Waals surface area contributed by atoms with Gasteiger partial charge in [-0.2, -0.15) is 0 Å². The van der Waals surface area contributed by atoms with Gasteiger partial charge in [-0.1, -0.05) is 13.8 Å². The lowest BCUT2D eigenvalue weighted by atomic mass is 10.2. The van der Waals surface area contributed by atoms with Gasteiger partial charge in [0.05, 0.1) is 12.5 Å². The molecule has 2 heterocycles. The lowest BCUT2D eigenvalue weighted by Crippen LogP contribution is -2.49. The van der Waals surface area contributed by atoms with E-state index in [9.17, 15) is 9.59 Å². The monoisotopic (exact) mass is 324 g/mol. The van der Waals surface area contributed by atoms with Gasteiger partial charge < -0.3 is 14.2 Å². The van der Waals surface area contributed by atoms with Crippen LogP contribution >= 0.6 is 11.8 Å². The van der Waals surface area contributed by atoms with E-state index in [1.165, 1.54) is 6.92 Å². The molecule has 6 heteroatoms. The molecule has 1 aromatic rings. The average Bonchev–Trinajstić information content (AvgIpc) is 3.14. The van der Waals surface area contributed by atoms with Crippen molar-refractivity contribution in [1.29, 1.82) is 0 Å². The molecule has 1 fully saturated rings. The minimum absolute atomic E-state index is 0.0670. The Morgan fingerprint density at radius 2 is 2.05 bits per heavy atom. The van der Waals surface area contributed by atoms with Crippen LogP contribution in [0.15, 0.2) is 23.0 Å². The van der Waals surface area contributed by atoms with Crippen LogP contribution in [0, 0.1) is 0 Å². The second-order valence-corrected chi connectivity index (χ2v) is 6.62. The molecule has 2 amide bonds. The van der Waals surface area contributed by atoms with Crippen molar-refractivity contribution in [2.45, 2.75) is 45.0 Å². The van der Waals surface area contributed by atoms with Crippen molar-refractivity contribution in [1.82, 2.24) is 9.80 Å². The molecule has 2 rings (SSSR count). The predicted octanol–water partition coefficient (Wildman–Crippen LogP) is 2.89. The van der Waals surface area contributed by atoms with E-state index in [1.54, 1.807) is 29.2 Å². The first-order valence-electron chi connectivity index (χ1n) is 7.81. The van der Waals surface area contributed by atoms with Crippen molar-refractivity contribution < 1.29 is 14.0 Å². The molecule has 0 aromatic carbocycles. The van der Waals surface area contributed by atoms with E-state index in [2.05, 4.69) is 13.8 Å². The Hall–Kier alpha value is -1.43. The summed E-state index contributed by atoms with van der Waals surface area (Å²) >= 11 is 1.62. The minimum atomic E-state index is -0.375. The summed E-state index contributed by atoms with van der Waals surface area (Å²) in [4.78, 5) is 28.6. The highest BCUT2D eigenvalue weighted by Crippen LogP contribution is 2.42. The van der Waals surface area contributed by atoms with Crippen LogP contribution in [0.2, 0.25) is 0 Å². The normalized spacial score (nSPS) is 21.1. The summed E-state index contributed by atoms with van der Waals surface area (Å²) in [6.45, 7) is 7.15. The molecule has 0 radical (unpaired) electrons. The van der Waals surface area contributed by atoms with Crippen LogP contribution in [0.4, 0.5) is 0 Å². The Bertz CT molecular complexity index is 497. The second-order valence-electron chi connectivity index (χ2n) is 5.51. The topological polar surface area (TPSA) is 53.8 Å². The van der Waals surface area contributed by atoms with Gasteiger partial charge >= 0.3 is 0 Å². The molecule has 0 bridgehead atoms. The summed E-state index contributed by atoms with van der Waals surface area (Å²) in [6.07, 6.45) is 5.10. The fourth-order valence-corrected chi connectivity index (χ4v) is 4.29. The minimum Gasteiger partial charge on any atom is -0.472 e. The molecule has 22 heavy (non-hydrogen) atoms. The van der Waals surface area contributed by atoms with Gasteiger partial charge in [-0.15, -0.1) is 11.8 Å². The third kappa shape index (κ3) is 3.48. The lowest BCUT2D eigenvalue weighted by Gasteiger charge is -2.31. The number of amides is 2. The first kappa shape index (κ1) is 16.9. The maximum absolute atomic E-state index is 12.9. The smallest absolute Gasteiger partial charge is 0.246 e. The molecular formula is C16H24N2O3S. The molecular weight excluding hydrogens is 300 g/mol. The summed E-state index contributed by atoms with van der Waals surface area (Å²) in [7, 11) is 0. The van der Waals surface area contributed by atoms with E-state index in [1.807, 2.05) is 11.0 Å². The van der Waals surface area contributed by atoms with Crippen LogP contribution < -0.4 is 0 Å². The molecule has 1 aliphatic heterocycles. The first-order valence-corrected chi connectivity index (χ1v) is 8.86. The Kier molecular flexibility index (Phi) is 5.94. The third-order valence-electron chi connectivity index (χ3n) is 3.78. The van der Waals surface area contributed by atoms with Gasteiger partial charge in [-0.25, -0.2) is 0 Å². The standard InChI is InChI=1S/C16H24N2O3S/c1-4-7-17(8-5-2)15(20)14-11-22-16(18(14)12(3)19)13-6-9-21-10-13/h6,9-10,14,16H,4-5,7-8,11H2,1-3H3. The van der Waals surface area contributed by atoms with Crippen molar-refractivity contribution in [3.8, 4) is 0 Å². The Labute approximate surface area is 136 Å². The highest BCUT2D eigenvalue weighted by Gasteiger charge is 2.42. The fraction of sp³-hybridized carbons (Fsp3) is 0.625. The molecule has 0 N–H and O–H groups in total. The molecule has 1 aliphatic rings. The summed E-state index contributed by atoms with van der Waals surface area (Å²) < 4.78 is 5.13. The highest BCUT2D eigenvalue weighted by atomic mass is 32.2. The molecule has 0 aliphatic carbocycles. The quantitative estimate of drug-likeness (QED) is 0.807. The summed E-state index contributed by atoms with van der Waals surface area (Å²) in [5, 5.41) is -0.129. The zero-order valence-electron chi connectivity index (χ0n) is 13.4. The van der Waals surface area contributed by atoms with Gasteiger partial charge in [0, 0.05) is 31.3 Å². The van der Waals surface area contributed by atoms with E-state index in [0.717, 1.165) is 31.5 Å². The van der Waals surface area contributed by atoms with Gasteiger partial charge in [-0.3, -0.25) is 9.59 Å². The molecule has 1 saturated heterocycles. The predicted molar refractivity (Wildman–Crippen MR) is 87.4 cm³/mol. The van der Waals surface area contributed by atoms with Crippen molar-refractivity contribution in [3.05, 3.63) is 24.2 Å². The van der Waals surface area contributed by atoms with Crippen LogP contribution in [0.25, 0.3) is 0 Å². The van der Waals surface area contributed by atoms with Crippen molar-refractivity contribution in [2.24, 2.45) is 0 Å². The third-order valence-corrected chi connectivity index (χ3v) is 5.10. The number of carbonyl (C=O) groups is 2. The summed E-state index contributed by atoms with van der Waals surface area (Å²) in [6, 6.07) is 1.48. The zero-order valence-corrected chi connectivity index (χ0v) is 14.3. The molecule has 1 aromatic heterocycles. The Balaban J connectivity index is 2.19. The molecule has 122 valence electrons. The summed E-state index contributed by atoms with van der Waals surface area (Å²) in [5.41, 5.74) is 0.938. The fourth-order valence-electron chi connectivity index (χ4n) is 2.84. The largest absolute Gasteiger partial charge is 0.472 e.